The molecule has 0 saturated carbocycles. The van der Waals surface area contributed by atoms with Gasteiger partial charge >= 0.3 is 0 Å². The molecule has 0 aromatic rings. The Morgan fingerprint density at radius 2 is 2.07 bits per heavy atom. The molecular formula is C8H18ClNO3S. The molecule has 0 rings (SSSR count). The van der Waals surface area contributed by atoms with E-state index >= 15 is 0 Å². The zero-order chi connectivity index (χ0) is 11.2. The van der Waals surface area contributed by atoms with E-state index < -0.39 is 10.0 Å². The van der Waals surface area contributed by atoms with Gasteiger partial charge in [0.2, 0.25) is 10.0 Å². The molecule has 1 atom stereocenters. The minimum atomic E-state index is -3.20. The molecule has 0 aliphatic rings. The third kappa shape index (κ3) is 5.80. The number of alkyl halides is 1. The Kier molecular flexibility index (Phi) is 6.68. The fraction of sp³-hybridized carbons (Fsp3) is 1.00. The van der Waals surface area contributed by atoms with Crippen LogP contribution >= 0.6 is 11.6 Å². The summed E-state index contributed by atoms with van der Waals surface area (Å²) in [5, 5.41) is -0.179. The first kappa shape index (κ1) is 14.2. The Morgan fingerprint density at radius 1 is 1.50 bits per heavy atom. The van der Waals surface area contributed by atoms with Crippen LogP contribution in [0.5, 0.6) is 0 Å². The van der Waals surface area contributed by atoms with Crippen LogP contribution in [0.4, 0.5) is 0 Å². The summed E-state index contributed by atoms with van der Waals surface area (Å²) in [6.07, 6.45) is 0. The zero-order valence-electron chi connectivity index (χ0n) is 8.86. The van der Waals surface area contributed by atoms with E-state index in [0.717, 1.165) is 0 Å². The summed E-state index contributed by atoms with van der Waals surface area (Å²) in [4.78, 5) is 0. The van der Waals surface area contributed by atoms with Gasteiger partial charge in [0, 0.05) is 25.6 Å². The molecule has 0 heterocycles. The second-order valence-electron chi connectivity index (χ2n) is 3.07. The van der Waals surface area contributed by atoms with E-state index in [1.807, 2.05) is 6.92 Å². The molecule has 0 spiro atoms. The minimum Gasteiger partial charge on any atom is -0.381 e. The summed E-state index contributed by atoms with van der Waals surface area (Å²) < 4.78 is 29.3. The van der Waals surface area contributed by atoms with Gasteiger partial charge in [-0.15, -0.1) is 11.6 Å². The molecule has 0 aliphatic carbocycles. The van der Waals surface area contributed by atoms with Gasteiger partial charge in [-0.1, -0.05) is 0 Å². The van der Waals surface area contributed by atoms with Crippen molar-refractivity contribution >= 4 is 21.6 Å². The number of halogens is 1. The first-order valence-corrected chi connectivity index (χ1v) is 6.60. The van der Waals surface area contributed by atoms with Crippen LogP contribution in [-0.2, 0) is 14.8 Å². The largest absolute Gasteiger partial charge is 0.381 e. The van der Waals surface area contributed by atoms with Crippen LogP contribution < -0.4 is 0 Å². The maximum absolute atomic E-state index is 11.5. The number of sulfonamides is 1. The molecule has 86 valence electrons. The Balaban J connectivity index is 4.04. The maximum Gasteiger partial charge on any atom is 0.216 e. The van der Waals surface area contributed by atoms with Gasteiger partial charge < -0.3 is 4.74 Å². The quantitative estimate of drug-likeness (QED) is 0.493. The third-order valence-corrected chi connectivity index (χ3v) is 3.59. The predicted octanol–water partition coefficient (Wildman–Crippen LogP) is 0.912. The highest BCUT2D eigenvalue weighted by Crippen LogP contribution is 2.03. The first-order chi connectivity index (χ1) is 6.40. The smallest absolute Gasteiger partial charge is 0.216 e. The lowest BCUT2D eigenvalue weighted by Crippen LogP contribution is -2.34. The van der Waals surface area contributed by atoms with Gasteiger partial charge in [0.05, 0.1) is 12.4 Å². The van der Waals surface area contributed by atoms with E-state index in [2.05, 4.69) is 0 Å². The van der Waals surface area contributed by atoms with E-state index in [-0.39, 0.29) is 17.7 Å². The lowest BCUT2D eigenvalue weighted by molar-refractivity contribution is 0.162. The molecule has 0 fully saturated rings. The highest BCUT2D eigenvalue weighted by Gasteiger charge is 2.18. The molecule has 0 bridgehead atoms. The predicted molar refractivity (Wildman–Crippen MR) is 58.2 cm³/mol. The summed E-state index contributed by atoms with van der Waals surface area (Å²) in [5.74, 6) is 0.0148. The van der Waals surface area contributed by atoms with Crippen LogP contribution in [-0.4, -0.2) is 50.7 Å². The van der Waals surface area contributed by atoms with E-state index in [1.54, 1.807) is 6.92 Å². The van der Waals surface area contributed by atoms with Crippen molar-refractivity contribution in [2.24, 2.45) is 0 Å². The van der Waals surface area contributed by atoms with Crippen molar-refractivity contribution in [1.29, 1.82) is 0 Å². The fourth-order valence-electron chi connectivity index (χ4n) is 0.932. The molecule has 0 saturated heterocycles. The molecule has 1 unspecified atom stereocenters. The van der Waals surface area contributed by atoms with Crippen LogP contribution in [0.3, 0.4) is 0 Å². The van der Waals surface area contributed by atoms with Gasteiger partial charge in [-0.25, -0.2) is 12.7 Å². The van der Waals surface area contributed by atoms with Crippen molar-refractivity contribution in [3.8, 4) is 0 Å². The van der Waals surface area contributed by atoms with E-state index in [0.29, 0.717) is 13.2 Å². The van der Waals surface area contributed by atoms with Crippen molar-refractivity contribution in [3.05, 3.63) is 0 Å². The lowest BCUT2D eigenvalue weighted by Gasteiger charge is -2.17. The molecule has 14 heavy (non-hydrogen) atoms. The van der Waals surface area contributed by atoms with Gasteiger partial charge in [-0.2, -0.15) is 0 Å². The van der Waals surface area contributed by atoms with E-state index in [9.17, 15) is 8.42 Å². The molecular weight excluding hydrogens is 226 g/mol. The van der Waals surface area contributed by atoms with E-state index in [1.165, 1.54) is 11.4 Å². The standard InChI is InChI=1S/C8H18ClNO3S/c1-4-13-5-6-14(11,12)10(3)7-8(2)9/h8H,4-7H2,1-3H3. The number of hydrogen-bond acceptors (Lipinski definition) is 3. The summed E-state index contributed by atoms with van der Waals surface area (Å²) in [5.41, 5.74) is 0. The van der Waals surface area contributed by atoms with Crippen LogP contribution in [0.2, 0.25) is 0 Å². The monoisotopic (exact) mass is 243 g/mol. The maximum atomic E-state index is 11.5. The minimum absolute atomic E-state index is 0.0148. The highest BCUT2D eigenvalue weighted by atomic mass is 35.5. The average Bonchev–Trinajstić information content (AvgIpc) is 2.03. The van der Waals surface area contributed by atoms with Crippen molar-refractivity contribution in [3.63, 3.8) is 0 Å². The van der Waals surface area contributed by atoms with Crippen molar-refractivity contribution in [1.82, 2.24) is 4.31 Å². The van der Waals surface area contributed by atoms with Gasteiger partial charge in [-0.05, 0) is 13.8 Å². The summed E-state index contributed by atoms with van der Waals surface area (Å²) in [6.45, 7) is 4.69. The van der Waals surface area contributed by atoms with Crippen molar-refractivity contribution < 1.29 is 13.2 Å². The van der Waals surface area contributed by atoms with Crippen molar-refractivity contribution in [2.75, 3.05) is 32.6 Å². The third-order valence-electron chi connectivity index (χ3n) is 1.67. The lowest BCUT2D eigenvalue weighted by atomic mass is 10.5. The molecule has 0 amide bonds. The molecule has 0 aromatic carbocycles. The number of ether oxygens (including phenoxy) is 1. The summed E-state index contributed by atoms with van der Waals surface area (Å²) in [6, 6.07) is 0. The van der Waals surface area contributed by atoms with Gasteiger partial charge in [0.15, 0.2) is 0 Å². The van der Waals surface area contributed by atoms with Crippen molar-refractivity contribution in [2.45, 2.75) is 19.2 Å². The van der Waals surface area contributed by atoms with Crippen LogP contribution in [0.1, 0.15) is 13.8 Å². The van der Waals surface area contributed by atoms with E-state index in [4.69, 9.17) is 16.3 Å². The topological polar surface area (TPSA) is 46.6 Å². The van der Waals surface area contributed by atoms with Crippen LogP contribution in [0, 0.1) is 0 Å². The highest BCUT2D eigenvalue weighted by molar-refractivity contribution is 7.89. The molecule has 4 nitrogen and oxygen atoms in total. The van der Waals surface area contributed by atoms with Crippen LogP contribution in [0.25, 0.3) is 0 Å². The van der Waals surface area contributed by atoms with Gasteiger partial charge in [0.25, 0.3) is 0 Å². The summed E-state index contributed by atoms with van der Waals surface area (Å²) in [7, 11) is -1.68. The number of nitrogens with zero attached hydrogens (tertiary/aromatic N) is 1. The van der Waals surface area contributed by atoms with Gasteiger partial charge in [0.1, 0.15) is 0 Å². The molecule has 0 aromatic heterocycles. The normalized spacial score (nSPS) is 14.6. The second kappa shape index (κ2) is 6.61. The Hall–Kier alpha value is 0.160. The number of rotatable bonds is 7. The fourth-order valence-corrected chi connectivity index (χ4v) is 2.31. The Bertz CT molecular complexity index is 241. The SMILES string of the molecule is CCOCCS(=O)(=O)N(C)CC(C)Cl. The zero-order valence-corrected chi connectivity index (χ0v) is 10.4. The molecule has 0 aliphatic heterocycles. The van der Waals surface area contributed by atoms with Gasteiger partial charge in [-0.3, -0.25) is 0 Å². The Morgan fingerprint density at radius 3 is 2.50 bits per heavy atom. The van der Waals surface area contributed by atoms with Crippen LogP contribution in [0.15, 0.2) is 0 Å². The average molecular weight is 244 g/mol. The summed E-state index contributed by atoms with van der Waals surface area (Å²) >= 11 is 5.70. The number of hydrogen-bond donors (Lipinski definition) is 0. The molecule has 6 heteroatoms. The molecule has 0 radical (unpaired) electrons. The Labute approximate surface area is 91.2 Å². The first-order valence-electron chi connectivity index (χ1n) is 4.56. The molecule has 0 N–H and O–H groups in total. The second-order valence-corrected chi connectivity index (χ2v) is 6.01.